The number of likely N-dealkylation sites (tertiary alicyclic amines) is 1. The molecule has 0 bridgehead atoms. The lowest BCUT2D eigenvalue weighted by molar-refractivity contribution is 0.141. The Hall–Kier alpha value is -0.860. The number of benzene rings is 1. The summed E-state index contributed by atoms with van der Waals surface area (Å²) >= 11 is 0. The quantitative estimate of drug-likeness (QED) is 0.346. The van der Waals surface area contributed by atoms with Crippen LogP contribution < -0.4 is 10.6 Å². The van der Waals surface area contributed by atoms with Gasteiger partial charge in [0.2, 0.25) is 0 Å². The summed E-state index contributed by atoms with van der Waals surface area (Å²) in [4.78, 5) is 6.87. The van der Waals surface area contributed by atoms with Crippen molar-refractivity contribution in [1.29, 1.82) is 0 Å². The number of aryl methyl sites for hydroxylation is 2. The van der Waals surface area contributed by atoms with Gasteiger partial charge in [0.05, 0.1) is 6.61 Å². The zero-order valence-electron chi connectivity index (χ0n) is 16.7. The third-order valence-corrected chi connectivity index (χ3v) is 4.80. The highest BCUT2D eigenvalue weighted by atomic mass is 127. The van der Waals surface area contributed by atoms with E-state index in [1.807, 2.05) is 7.05 Å². The molecular weight excluding hydrogens is 439 g/mol. The molecule has 1 fully saturated rings. The number of nitrogens with one attached hydrogen (secondary N) is 2. The molecule has 2 N–H and O–H groups in total. The number of hydrogen-bond donors (Lipinski definition) is 2. The first-order valence-corrected chi connectivity index (χ1v) is 9.37. The molecule has 1 saturated heterocycles. The molecule has 0 aliphatic carbocycles. The predicted octanol–water partition coefficient (Wildman–Crippen LogP) is 2.74. The van der Waals surface area contributed by atoms with Gasteiger partial charge in [0.1, 0.15) is 0 Å². The fourth-order valence-corrected chi connectivity index (χ4v) is 3.60. The Morgan fingerprint density at radius 3 is 2.62 bits per heavy atom. The summed E-state index contributed by atoms with van der Waals surface area (Å²) in [7, 11) is 3.61. The number of aliphatic imine (C=N–C) groups is 1. The first kappa shape index (κ1) is 23.2. The van der Waals surface area contributed by atoms with E-state index in [2.05, 4.69) is 52.6 Å². The van der Waals surface area contributed by atoms with Crippen molar-refractivity contribution < 1.29 is 4.74 Å². The minimum absolute atomic E-state index is 0. The monoisotopic (exact) mass is 474 g/mol. The van der Waals surface area contributed by atoms with Gasteiger partial charge in [0, 0.05) is 39.8 Å². The average Bonchev–Trinajstić information content (AvgIpc) is 3.02. The molecule has 1 aromatic carbocycles. The summed E-state index contributed by atoms with van der Waals surface area (Å²) in [5.74, 6) is 0.892. The minimum atomic E-state index is 0. The van der Waals surface area contributed by atoms with Crippen LogP contribution in [0.2, 0.25) is 0 Å². The van der Waals surface area contributed by atoms with Crippen LogP contribution in [0, 0.1) is 13.8 Å². The van der Waals surface area contributed by atoms with Crippen molar-refractivity contribution in [2.75, 3.05) is 46.9 Å². The van der Waals surface area contributed by atoms with Crippen LogP contribution in [0.5, 0.6) is 0 Å². The molecule has 0 spiro atoms. The summed E-state index contributed by atoms with van der Waals surface area (Å²) in [5.41, 5.74) is 4.03. The highest BCUT2D eigenvalue weighted by Gasteiger charge is 2.23. The van der Waals surface area contributed by atoms with Gasteiger partial charge >= 0.3 is 0 Å². The molecule has 1 atom stereocenters. The molecule has 0 amide bonds. The molecule has 1 aromatic rings. The second kappa shape index (κ2) is 12.5. The summed E-state index contributed by atoms with van der Waals surface area (Å²) < 4.78 is 5.21. The lowest BCUT2D eigenvalue weighted by Gasteiger charge is -2.25. The van der Waals surface area contributed by atoms with Gasteiger partial charge in [-0.05, 0) is 45.2 Å². The summed E-state index contributed by atoms with van der Waals surface area (Å²) in [6.45, 7) is 9.13. The van der Waals surface area contributed by atoms with Crippen molar-refractivity contribution in [2.45, 2.75) is 39.2 Å². The van der Waals surface area contributed by atoms with Gasteiger partial charge < -0.3 is 15.4 Å². The molecule has 0 saturated carbocycles. The molecule has 1 unspecified atom stereocenters. The van der Waals surface area contributed by atoms with Crippen molar-refractivity contribution in [1.82, 2.24) is 15.5 Å². The molecule has 2 rings (SSSR count). The summed E-state index contributed by atoms with van der Waals surface area (Å²) in [6.07, 6.45) is 3.53. The Morgan fingerprint density at radius 2 is 1.96 bits per heavy atom. The molecule has 1 heterocycles. The van der Waals surface area contributed by atoms with Crippen molar-refractivity contribution in [3.05, 3.63) is 34.9 Å². The zero-order valence-corrected chi connectivity index (χ0v) is 19.0. The van der Waals surface area contributed by atoms with Crippen LogP contribution in [-0.4, -0.2) is 63.8 Å². The molecular formula is C20H35IN4O. The average molecular weight is 474 g/mol. The molecule has 1 aliphatic rings. The number of hydrogen-bond acceptors (Lipinski definition) is 3. The van der Waals surface area contributed by atoms with Gasteiger partial charge in [-0.2, -0.15) is 0 Å². The Balaban J connectivity index is 0.00000338. The van der Waals surface area contributed by atoms with E-state index in [4.69, 9.17) is 4.74 Å². The molecule has 1 aliphatic heterocycles. The fourth-order valence-electron chi connectivity index (χ4n) is 3.60. The highest BCUT2D eigenvalue weighted by Crippen LogP contribution is 2.15. The van der Waals surface area contributed by atoms with E-state index >= 15 is 0 Å². The van der Waals surface area contributed by atoms with Gasteiger partial charge in [-0.15, -0.1) is 24.0 Å². The van der Waals surface area contributed by atoms with Crippen molar-refractivity contribution in [3.8, 4) is 0 Å². The van der Waals surface area contributed by atoms with Gasteiger partial charge in [-0.25, -0.2) is 0 Å². The topological polar surface area (TPSA) is 48.9 Å². The fraction of sp³-hybridized carbons (Fsp3) is 0.650. The highest BCUT2D eigenvalue weighted by molar-refractivity contribution is 14.0. The Kier molecular flexibility index (Phi) is 11.2. The molecule has 5 nitrogen and oxygen atoms in total. The van der Waals surface area contributed by atoms with Gasteiger partial charge in [-0.1, -0.05) is 29.3 Å². The molecule has 6 heteroatoms. The summed E-state index contributed by atoms with van der Waals surface area (Å²) in [6, 6.07) is 7.32. The first-order chi connectivity index (χ1) is 12.1. The van der Waals surface area contributed by atoms with E-state index in [9.17, 15) is 0 Å². The SMILES string of the molecule is CN=C(NCCc1cc(C)cc(C)c1)NCC1CCCN1CCOC.I. The minimum Gasteiger partial charge on any atom is -0.383 e. The van der Waals surface area contributed by atoms with Crippen LogP contribution in [0.15, 0.2) is 23.2 Å². The Bertz CT molecular complexity index is 544. The van der Waals surface area contributed by atoms with Crippen LogP contribution >= 0.6 is 24.0 Å². The van der Waals surface area contributed by atoms with Crippen molar-refractivity contribution in [2.24, 2.45) is 4.99 Å². The van der Waals surface area contributed by atoms with E-state index in [-0.39, 0.29) is 24.0 Å². The lowest BCUT2D eigenvalue weighted by Crippen LogP contribution is -2.45. The van der Waals surface area contributed by atoms with Crippen molar-refractivity contribution in [3.63, 3.8) is 0 Å². The first-order valence-electron chi connectivity index (χ1n) is 9.37. The number of nitrogens with zero attached hydrogens (tertiary/aromatic N) is 2. The standard InChI is InChI=1S/C20H34N4O.HI/c1-16-12-17(2)14-18(13-16)7-8-22-20(21-3)23-15-19-6-5-9-24(19)10-11-25-4;/h12-14,19H,5-11,15H2,1-4H3,(H2,21,22,23);1H. The van der Waals surface area contributed by atoms with Crippen LogP contribution in [0.25, 0.3) is 0 Å². The van der Waals surface area contributed by atoms with Gasteiger partial charge in [0.15, 0.2) is 5.96 Å². The largest absolute Gasteiger partial charge is 0.383 e. The maximum absolute atomic E-state index is 5.21. The second-order valence-corrected chi connectivity index (χ2v) is 6.95. The van der Waals surface area contributed by atoms with E-state index in [0.717, 1.165) is 38.6 Å². The third kappa shape index (κ3) is 7.80. The maximum Gasteiger partial charge on any atom is 0.191 e. The van der Waals surface area contributed by atoms with Crippen LogP contribution in [0.4, 0.5) is 0 Å². The number of methoxy groups -OCH3 is 1. The molecule has 148 valence electrons. The summed E-state index contributed by atoms with van der Waals surface area (Å²) in [5, 5.41) is 6.92. The number of halogens is 1. The van der Waals surface area contributed by atoms with E-state index in [0.29, 0.717) is 6.04 Å². The predicted molar refractivity (Wildman–Crippen MR) is 121 cm³/mol. The number of rotatable bonds is 8. The van der Waals surface area contributed by atoms with Gasteiger partial charge in [-0.3, -0.25) is 9.89 Å². The zero-order chi connectivity index (χ0) is 18.1. The van der Waals surface area contributed by atoms with E-state index in [1.165, 1.54) is 36.1 Å². The van der Waals surface area contributed by atoms with Crippen LogP contribution in [-0.2, 0) is 11.2 Å². The van der Waals surface area contributed by atoms with Crippen molar-refractivity contribution >= 4 is 29.9 Å². The number of guanidine groups is 1. The van der Waals surface area contributed by atoms with E-state index < -0.39 is 0 Å². The lowest BCUT2D eigenvalue weighted by atomic mass is 10.1. The maximum atomic E-state index is 5.21. The van der Waals surface area contributed by atoms with Gasteiger partial charge in [0.25, 0.3) is 0 Å². The third-order valence-electron chi connectivity index (χ3n) is 4.80. The smallest absolute Gasteiger partial charge is 0.191 e. The molecule has 0 aromatic heterocycles. The Morgan fingerprint density at radius 1 is 1.23 bits per heavy atom. The molecule has 26 heavy (non-hydrogen) atoms. The second-order valence-electron chi connectivity index (χ2n) is 6.95. The van der Waals surface area contributed by atoms with Crippen LogP contribution in [0.3, 0.4) is 0 Å². The Labute approximate surface area is 176 Å². The molecule has 0 radical (unpaired) electrons. The van der Waals surface area contributed by atoms with E-state index in [1.54, 1.807) is 7.11 Å². The normalized spacial score (nSPS) is 17.8. The van der Waals surface area contributed by atoms with Crippen LogP contribution in [0.1, 0.15) is 29.5 Å². The number of ether oxygens (including phenoxy) is 1.